The normalized spacial score (nSPS) is 14.1. The zero-order valence-corrected chi connectivity index (χ0v) is 9.27. The smallest absolute Gasteiger partial charge is 0.0343 e. The maximum Gasteiger partial charge on any atom is 0.0343 e. The molecule has 0 aliphatic heterocycles. The van der Waals surface area contributed by atoms with Crippen LogP contribution in [0.4, 0.5) is 0 Å². The number of pyridine rings is 1. The highest BCUT2D eigenvalue weighted by molar-refractivity contribution is 5.95. The first-order chi connectivity index (χ1) is 7.86. The molecular weight excluding hydrogens is 194 g/mol. The Labute approximate surface area is 95.5 Å². The van der Waals surface area contributed by atoms with Gasteiger partial charge in [0.1, 0.15) is 0 Å². The van der Waals surface area contributed by atoms with E-state index in [9.17, 15) is 0 Å². The van der Waals surface area contributed by atoms with Crippen LogP contribution in [-0.4, -0.2) is 4.98 Å². The number of aromatic nitrogens is 1. The number of hydrogen-bond acceptors (Lipinski definition) is 1. The number of nitrogens with zero attached hydrogens (tertiary/aromatic N) is 1. The van der Waals surface area contributed by atoms with Gasteiger partial charge < -0.3 is 0 Å². The molecule has 0 bridgehead atoms. The molecule has 0 saturated heterocycles. The van der Waals surface area contributed by atoms with Gasteiger partial charge in [-0.1, -0.05) is 30.3 Å². The zero-order valence-electron chi connectivity index (χ0n) is 9.27. The predicted octanol–water partition coefficient (Wildman–Crippen LogP) is 3.57. The minimum atomic E-state index is 1.04. The summed E-state index contributed by atoms with van der Waals surface area (Å²) in [6.45, 7) is 2.20. The van der Waals surface area contributed by atoms with E-state index in [4.69, 9.17) is 0 Å². The third-order valence-corrected chi connectivity index (χ3v) is 3.25. The van der Waals surface area contributed by atoms with Gasteiger partial charge >= 0.3 is 0 Å². The van der Waals surface area contributed by atoms with E-state index in [0.29, 0.717) is 0 Å². The van der Waals surface area contributed by atoms with Gasteiger partial charge in [0.15, 0.2) is 0 Å². The molecule has 1 aliphatic carbocycles. The largest absolute Gasteiger partial charge is 0.264 e. The fraction of sp³-hybridized carbons (Fsp3) is 0.133. The van der Waals surface area contributed by atoms with Gasteiger partial charge in [-0.3, -0.25) is 4.98 Å². The van der Waals surface area contributed by atoms with E-state index in [1.807, 2.05) is 18.5 Å². The van der Waals surface area contributed by atoms with Crippen LogP contribution in [0.2, 0.25) is 0 Å². The Bertz CT molecular complexity index is 553. The van der Waals surface area contributed by atoms with Gasteiger partial charge in [-0.2, -0.15) is 0 Å². The molecule has 0 amide bonds. The topological polar surface area (TPSA) is 12.9 Å². The van der Waals surface area contributed by atoms with Crippen LogP contribution < -0.4 is 0 Å². The molecule has 0 unspecified atom stereocenters. The Morgan fingerprint density at radius 1 is 1.06 bits per heavy atom. The lowest BCUT2D eigenvalue weighted by Crippen LogP contribution is -1.86. The lowest BCUT2D eigenvalue weighted by molar-refractivity contribution is 1.27. The van der Waals surface area contributed by atoms with Gasteiger partial charge in [0.25, 0.3) is 0 Å². The van der Waals surface area contributed by atoms with Crippen LogP contribution in [-0.2, 0) is 6.42 Å². The molecule has 2 aromatic rings. The van der Waals surface area contributed by atoms with Crippen molar-refractivity contribution in [1.82, 2.24) is 4.98 Å². The highest BCUT2D eigenvalue weighted by Crippen LogP contribution is 2.37. The third-order valence-electron chi connectivity index (χ3n) is 3.25. The fourth-order valence-electron chi connectivity index (χ4n) is 2.39. The van der Waals surface area contributed by atoms with Crippen molar-refractivity contribution >= 4 is 11.1 Å². The van der Waals surface area contributed by atoms with Gasteiger partial charge in [0.05, 0.1) is 0 Å². The molecule has 1 aliphatic rings. The maximum absolute atomic E-state index is 4.19. The summed E-state index contributed by atoms with van der Waals surface area (Å²) in [6, 6.07) is 12.8. The van der Waals surface area contributed by atoms with E-state index in [-0.39, 0.29) is 0 Å². The quantitative estimate of drug-likeness (QED) is 0.696. The van der Waals surface area contributed by atoms with Crippen LogP contribution in [0.25, 0.3) is 11.1 Å². The second-order valence-electron chi connectivity index (χ2n) is 4.18. The Morgan fingerprint density at radius 2 is 1.94 bits per heavy atom. The summed E-state index contributed by atoms with van der Waals surface area (Å²) in [5, 5.41) is 0. The Morgan fingerprint density at radius 3 is 2.69 bits per heavy atom. The standard InChI is InChI=1S/C15H13N/c1-11-14-7-3-2-5-12(14)9-15(11)13-6-4-8-16-10-13/h2-8,10H,9H2,1H3. The van der Waals surface area contributed by atoms with Crippen LogP contribution >= 0.6 is 0 Å². The maximum atomic E-state index is 4.19. The highest BCUT2D eigenvalue weighted by Gasteiger charge is 2.18. The second-order valence-corrected chi connectivity index (χ2v) is 4.18. The van der Waals surface area contributed by atoms with E-state index in [1.54, 1.807) is 0 Å². The van der Waals surface area contributed by atoms with Crippen molar-refractivity contribution in [2.24, 2.45) is 0 Å². The number of hydrogen-bond donors (Lipinski definition) is 0. The van der Waals surface area contributed by atoms with Crippen LogP contribution in [0.15, 0.2) is 48.8 Å². The van der Waals surface area contributed by atoms with Crippen molar-refractivity contribution in [1.29, 1.82) is 0 Å². The van der Waals surface area contributed by atoms with E-state index < -0.39 is 0 Å². The summed E-state index contributed by atoms with van der Waals surface area (Å²) in [6.07, 6.45) is 4.81. The fourth-order valence-corrected chi connectivity index (χ4v) is 2.39. The van der Waals surface area contributed by atoms with Gasteiger partial charge in [-0.05, 0) is 47.2 Å². The van der Waals surface area contributed by atoms with Crippen LogP contribution in [0.3, 0.4) is 0 Å². The van der Waals surface area contributed by atoms with Gasteiger partial charge in [-0.25, -0.2) is 0 Å². The van der Waals surface area contributed by atoms with Crippen molar-refractivity contribution in [2.45, 2.75) is 13.3 Å². The molecule has 1 aromatic carbocycles. The summed E-state index contributed by atoms with van der Waals surface area (Å²) < 4.78 is 0. The zero-order chi connectivity index (χ0) is 11.0. The van der Waals surface area contributed by atoms with E-state index in [1.165, 1.54) is 27.8 Å². The Balaban J connectivity index is 2.11. The summed E-state index contributed by atoms with van der Waals surface area (Å²) in [5.74, 6) is 0. The van der Waals surface area contributed by atoms with E-state index in [0.717, 1.165) is 6.42 Å². The molecule has 1 heterocycles. The summed E-state index contributed by atoms with van der Waals surface area (Å²) in [4.78, 5) is 4.19. The SMILES string of the molecule is CC1=C(c2cccnc2)Cc2ccccc21. The Hall–Kier alpha value is -1.89. The minimum Gasteiger partial charge on any atom is -0.264 e. The lowest BCUT2D eigenvalue weighted by atomic mass is 10.0. The minimum absolute atomic E-state index is 1.04. The molecule has 1 nitrogen and oxygen atoms in total. The van der Waals surface area contributed by atoms with E-state index >= 15 is 0 Å². The van der Waals surface area contributed by atoms with Crippen molar-refractivity contribution < 1.29 is 0 Å². The molecule has 3 rings (SSSR count). The van der Waals surface area contributed by atoms with Gasteiger partial charge in [0, 0.05) is 12.4 Å². The van der Waals surface area contributed by atoms with Crippen LogP contribution in [0.5, 0.6) is 0 Å². The Kier molecular flexibility index (Phi) is 2.10. The van der Waals surface area contributed by atoms with Gasteiger partial charge in [0.2, 0.25) is 0 Å². The first-order valence-electron chi connectivity index (χ1n) is 5.54. The first kappa shape index (κ1) is 9.34. The molecule has 1 aromatic heterocycles. The monoisotopic (exact) mass is 207 g/mol. The molecule has 0 fully saturated rings. The van der Waals surface area contributed by atoms with Gasteiger partial charge in [-0.15, -0.1) is 0 Å². The molecule has 78 valence electrons. The molecule has 0 N–H and O–H groups in total. The van der Waals surface area contributed by atoms with Crippen molar-refractivity contribution in [3.63, 3.8) is 0 Å². The number of benzene rings is 1. The van der Waals surface area contributed by atoms with Crippen molar-refractivity contribution in [2.75, 3.05) is 0 Å². The van der Waals surface area contributed by atoms with Crippen molar-refractivity contribution in [3.05, 3.63) is 65.5 Å². The second kappa shape index (κ2) is 3.60. The van der Waals surface area contributed by atoms with Crippen LogP contribution in [0, 0.1) is 0 Å². The number of fused-ring (bicyclic) bond motifs is 1. The molecule has 1 heteroatoms. The van der Waals surface area contributed by atoms with Crippen molar-refractivity contribution in [3.8, 4) is 0 Å². The molecule has 0 radical (unpaired) electrons. The molecule has 0 saturated carbocycles. The molecule has 0 atom stereocenters. The predicted molar refractivity (Wildman–Crippen MR) is 66.9 cm³/mol. The third kappa shape index (κ3) is 1.36. The van der Waals surface area contributed by atoms with Crippen LogP contribution in [0.1, 0.15) is 23.6 Å². The summed E-state index contributed by atoms with van der Waals surface area (Å²) >= 11 is 0. The van der Waals surface area contributed by atoms with E-state index in [2.05, 4.69) is 42.2 Å². The molecule has 16 heavy (non-hydrogen) atoms. The summed E-state index contributed by atoms with van der Waals surface area (Å²) in [5.41, 5.74) is 6.87. The average Bonchev–Trinajstić information content (AvgIpc) is 2.69. The molecule has 0 spiro atoms. The number of allylic oxidation sites excluding steroid dienone is 2. The number of rotatable bonds is 1. The summed E-state index contributed by atoms with van der Waals surface area (Å²) in [7, 11) is 0. The highest BCUT2D eigenvalue weighted by atomic mass is 14.6. The molecular formula is C15H13N. The average molecular weight is 207 g/mol. The first-order valence-corrected chi connectivity index (χ1v) is 5.54. The lowest BCUT2D eigenvalue weighted by Gasteiger charge is -2.02.